The summed E-state index contributed by atoms with van der Waals surface area (Å²) in [6, 6.07) is 13.7. The molecule has 0 saturated heterocycles. The second-order valence-electron chi connectivity index (χ2n) is 5.90. The zero-order chi connectivity index (χ0) is 17.3. The fourth-order valence-corrected chi connectivity index (χ4v) is 2.86. The van der Waals surface area contributed by atoms with E-state index in [2.05, 4.69) is 0 Å². The maximum absolute atomic E-state index is 12.7. The fourth-order valence-electron chi connectivity index (χ4n) is 2.86. The van der Waals surface area contributed by atoms with Crippen molar-refractivity contribution < 1.29 is 14.5 Å². The van der Waals surface area contributed by atoms with Gasteiger partial charge in [-0.25, -0.2) is 0 Å². The lowest BCUT2D eigenvalue weighted by atomic mass is 10.0. The first kappa shape index (κ1) is 16.0. The lowest BCUT2D eigenvalue weighted by Gasteiger charge is -2.27. The number of amides is 1. The minimum atomic E-state index is -0.548. The van der Waals surface area contributed by atoms with Gasteiger partial charge in [-0.3, -0.25) is 14.9 Å². The van der Waals surface area contributed by atoms with E-state index >= 15 is 0 Å². The van der Waals surface area contributed by atoms with Crippen LogP contribution in [0.15, 0.2) is 48.5 Å². The second-order valence-corrected chi connectivity index (χ2v) is 5.90. The Morgan fingerprint density at radius 1 is 1.29 bits per heavy atom. The molecule has 0 radical (unpaired) electrons. The summed E-state index contributed by atoms with van der Waals surface area (Å²) in [5, 5.41) is 10.9. The van der Waals surface area contributed by atoms with E-state index in [0.29, 0.717) is 6.42 Å². The Hall–Kier alpha value is -2.89. The standard InChI is InChI=1S/C18H18N2O4/c1-12(13-7-5-8-15(10-13)20(22)23)19(2)18(21)17-11-14-6-3-4-9-16(14)24-17/h3-10,12,17H,11H2,1-2H3/t12-,17-/m1/s1. The van der Waals surface area contributed by atoms with Crippen LogP contribution in [0.25, 0.3) is 0 Å². The van der Waals surface area contributed by atoms with Crippen LogP contribution in [0.2, 0.25) is 0 Å². The van der Waals surface area contributed by atoms with Crippen molar-refractivity contribution >= 4 is 11.6 Å². The third-order valence-electron chi connectivity index (χ3n) is 4.41. The predicted molar refractivity (Wildman–Crippen MR) is 88.8 cm³/mol. The highest BCUT2D eigenvalue weighted by molar-refractivity contribution is 5.82. The Bertz CT molecular complexity index is 765. The van der Waals surface area contributed by atoms with Crippen molar-refractivity contribution in [3.63, 3.8) is 0 Å². The molecule has 2 atom stereocenters. The van der Waals surface area contributed by atoms with Gasteiger partial charge in [0, 0.05) is 25.6 Å². The summed E-state index contributed by atoms with van der Waals surface area (Å²) in [5.74, 6) is 0.609. The van der Waals surface area contributed by atoms with Crippen molar-refractivity contribution in [1.29, 1.82) is 0 Å². The summed E-state index contributed by atoms with van der Waals surface area (Å²) in [7, 11) is 1.69. The highest BCUT2D eigenvalue weighted by Crippen LogP contribution is 2.30. The van der Waals surface area contributed by atoms with Crippen LogP contribution in [0.3, 0.4) is 0 Å². The zero-order valence-corrected chi connectivity index (χ0v) is 13.5. The van der Waals surface area contributed by atoms with Crippen molar-refractivity contribution in [1.82, 2.24) is 4.90 Å². The molecule has 0 N–H and O–H groups in total. The number of para-hydroxylation sites is 1. The predicted octanol–water partition coefficient (Wildman–Crippen LogP) is 3.12. The Kier molecular flexibility index (Phi) is 4.20. The Labute approximate surface area is 139 Å². The first-order valence-electron chi connectivity index (χ1n) is 7.73. The van der Waals surface area contributed by atoms with Crippen LogP contribution in [-0.2, 0) is 11.2 Å². The van der Waals surface area contributed by atoms with Crippen LogP contribution in [-0.4, -0.2) is 28.9 Å². The number of non-ortho nitro benzene ring substituents is 1. The molecule has 24 heavy (non-hydrogen) atoms. The van der Waals surface area contributed by atoms with Crippen LogP contribution in [0.5, 0.6) is 5.75 Å². The van der Waals surface area contributed by atoms with E-state index in [4.69, 9.17) is 4.74 Å². The van der Waals surface area contributed by atoms with Crippen molar-refractivity contribution in [2.45, 2.75) is 25.5 Å². The average Bonchev–Trinajstić information content (AvgIpc) is 3.04. The topological polar surface area (TPSA) is 72.7 Å². The number of fused-ring (bicyclic) bond motifs is 1. The molecule has 6 nitrogen and oxygen atoms in total. The van der Waals surface area contributed by atoms with Gasteiger partial charge in [-0.2, -0.15) is 0 Å². The molecule has 0 spiro atoms. The lowest BCUT2D eigenvalue weighted by Crippen LogP contribution is -2.40. The van der Waals surface area contributed by atoms with E-state index in [-0.39, 0.29) is 17.6 Å². The van der Waals surface area contributed by atoms with Crippen molar-refractivity contribution in [3.05, 3.63) is 69.8 Å². The molecule has 0 bridgehead atoms. The minimum absolute atomic E-state index is 0.0183. The first-order valence-corrected chi connectivity index (χ1v) is 7.73. The number of benzene rings is 2. The van der Waals surface area contributed by atoms with Crippen molar-refractivity contribution in [2.24, 2.45) is 0 Å². The summed E-state index contributed by atoms with van der Waals surface area (Å²) < 4.78 is 5.74. The largest absolute Gasteiger partial charge is 0.480 e. The third kappa shape index (κ3) is 2.95. The molecule has 6 heteroatoms. The minimum Gasteiger partial charge on any atom is -0.480 e. The number of likely N-dealkylation sites (N-methyl/N-ethyl adjacent to an activating group) is 1. The Balaban J connectivity index is 1.74. The summed E-state index contributed by atoms with van der Waals surface area (Å²) in [6.45, 7) is 1.85. The molecular weight excluding hydrogens is 308 g/mol. The number of nitrogens with zero attached hydrogens (tertiary/aromatic N) is 2. The molecule has 1 amide bonds. The highest BCUT2D eigenvalue weighted by Gasteiger charge is 2.33. The molecule has 0 aromatic heterocycles. The summed E-state index contributed by atoms with van der Waals surface area (Å²) in [5.41, 5.74) is 1.76. The molecule has 3 rings (SSSR count). The molecule has 1 heterocycles. The van der Waals surface area contributed by atoms with E-state index in [1.165, 1.54) is 12.1 Å². The lowest BCUT2D eigenvalue weighted by molar-refractivity contribution is -0.384. The fraction of sp³-hybridized carbons (Fsp3) is 0.278. The number of carbonyl (C=O) groups excluding carboxylic acids is 1. The molecule has 0 aliphatic carbocycles. The van der Waals surface area contributed by atoms with Gasteiger partial charge in [0.1, 0.15) is 5.75 Å². The van der Waals surface area contributed by atoms with E-state index in [0.717, 1.165) is 16.9 Å². The first-order chi connectivity index (χ1) is 11.5. The molecular formula is C18H18N2O4. The van der Waals surface area contributed by atoms with Crippen LogP contribution < -0.4 is 4.74 Å². The quantitative estimate of drug-likeness (QED) is 0.639. The molecule has 2 aromatic carbocycles. The van der Waals surface area contributed by atoms with Crippen LogP contribution in [0, 0.1) is 10.1 Å². The number of rotatable bonds is 4. The molecule has 1 aliphatic rings. The van der Waals surface area contributed by atoms with Crippen LogP contribution in [0.1, 0.15) is 24.1 Å². The number of nitro benzene ring substituents is 1. The van der Waals surface area contributed by atoms with E-state index in [1.807, 2.05) is 31.2 Å². The summed E-state index contributed by atoms with van der Waals surface area (Å²) >= 11 is 0. The Morgan fingerprint density at radius 3 is 2.75 bits per heavy atom. The van der Waals surface area contributed by atoms with Crippen LogP contribution in [0.4, 0.5) is 5.69 Å². The number of carbonyl (C=O) groups is 1. The average molecular weight is 326 g/mol. The van der Waals surface area contributed by atoms with Gasteiger partial charge in [0.2, 0.25) is 0 Å². The summed E-state index contributed by atoms with van der Waals surface area (Å²) in [4.78, 5) is 24.8. The van der Waals surface area contributed by atoms with E-state index in [9.17, 15) is 14.9 Å². The van der Waals surface area contributed by atoms with Gasteiger partial charge in [-0.05, 0) is 24.1 Å². The van der Waals surface area contributed by atoms with E-state index in [1.54, 1.807) is 24.1 Å². The smallest absolute Gasteiger partial charge is 0.269 e. The number of hydrogen-bond acceptors (Lipinski definition) is 4. The Morgan fingerprint density at radius 2 is 2.04 bits per heavy atom. The zero-order valence-electron chi connectivity index (χ0n) is 13.5. The molecule has 124 valence electrons. The molecule has 2 aromatic rings. The SMILES string of the molecule is C[C@H](c1cccc([N+](=O)[O-])c1)N(C)C(=O)[C@H]1Cc2ccccc2O1. The normalized spacial score (nSPS) is 16.8. The third-order valence-corrected chi connectivity index (χ3v) is 4.41. The number of nitro groups is 1. The molecule has 0 fully saturated rings. The summed E-state index contributed by atoms with van der Waals surface area (Å²) in [6.07, 6.45) is -0.00498. The van der Waals surface area contributed by atoms with Gasteiger partial charge < -0.3 is 9.64 Å². The van der Waals surface area contributed by atoms with Gasteiger partial charge >= 0.3 is 0 Å². The molecule has 0 saturated carbocycles. The molecule has 1 aliphatic heterocycles. The van der Waals surface area contributed by atoms with Gasteiger partial charge in [0.05, 0.1) is 11.0 Å². The van der Waals surface area contributed by atoms with Crippen LogP contribution >= 0.6 is 0 Å². The van der Waals surface area contributed by atoms with Crippen molar-refractivity contribution in [3.8, 4) is 5.75 Å². The van der Waals surface area contributed by atoms with Crippen molar-refractivity contribution in [2.75, 3.05) is 7.05 Å². The number of ether oxygens (including phenoxy) is 1. The molecule has 0 unspecified atom stereocenters. The maximum atomic E-state index is 12.7. The van der Waals surface area contributed by atoms with Gasteiger partial charge in [0.15, 0.2) is 6.10 Å². The van der Waals surface area contributed by atoms with Gasteiger partial charge in [-0.15, -0.1) is 0 Å². The maximum Gasteiger partial charge on any atom is 0.269 e. The van der Waals surface area contributed by atoms with Gasteiger partial charge in [0.25, 0.3) is 11.6 Å². The highest BCUT2D eigenvalue weighted by atomic mass is 16.6. The second kappa shape index (κ2) is 6.31. The number of hydrogen-bond donors (Lipinski definition) is 0. The van der Waals surface area contributed by atoms with E-state index < -0.39 is 11.0 Å². The van der Waals surface area contributed by atoms with Gasteiger partial charge in [-0.1, -0.05) is 30.3 Å². The monoisotopic (exact) mass is 326 g/mol.